The summed E-state index contributed by atoms with van der Waals surface area (Å²) < 4.78 is 37.8. The van der Waals surface area contributed by atoms with Crippen LogP contribution in [0.5, 0.6) is 0 Å². The molecule has 18 atom stereocenters. The number of hydrogen-bond donors (Lipinski definition) is 6. The van der Waals surface area contributed by atoms with E-state index in [0.29, 0.717) is 17.8 Å². The summed E-state index contributed by atoms with van der Waals surface area (Å²) >= 11 is 0. The molecule has 3 aliphatic rings. The second-order valence-electron chi connectivity index (χ2n) is 18.9. The molecular formula is C45H74N4O13. The number of methoxy groups -OCH3 is 1. The summed E-state index contributed by atoms with van der Waals surface area (Å²) in [6.45, 7) is 17.5. The lowest BCUT2D eigenvalue weighted by Crippen LogP contribution is -2.61. The number of nitriles is 1. The SMILES string of the molecule is CC[C@H]1OC(=O)[C@H](C)[C@@H](O[C@H]2C[C@@](C)(OC)[C@@H](O)[C@H](C)O2)[C@H](C)[C@@H](O[C@@H]2O[C@H](C)C[C@H](N(C)C(=O)Nc3ccc(C#N)cc3)[C@H]2O)[C@](C)(O)C[C@@H](C)CN(C)[C@H](C)[C@@H](O)[C@]1(C)O. The Hall–Kier alpha value is -2.99. The van der Waals surface area contributed by atoms with E-state index in [-0.39, 0.29) is 31.6 Å². The van der Waals surface area contributed by atoms with Crippen molar-refractivity contribution < 1.29 is 63.5 Å². The lowest BCUT2D eigenvalue weighted by Gasteiger charge is -2.49. The lowest BCUT2D eigenvalue weighted by molar-refractivity contribution is -0.317. The molecule has 3 fully saturated rings. The van der Waals surface area contributed by atoms with Crippen molar-refractivity contribution in [3.8, 4) is 6.07 Å². The molecule has 0 radical (unpaired) electrons. The van der Waals surface area contributed by atoms with Gasteiger partial charge in [0, 0.05) is 44.8 Å². The second-order valence-corrected chi connectivity index (χ2v) is 18.9. The minimum absolute atomic E-state index is 0.0716. The van der Waals surface area contributed by atoms with Crippen LogP contribution in [0, 0.1) is 29.1 Å². The largest absolute Gasteiger partial charge is 0.459 e. The van der Waals surface area contributed by atoms with Gasteiger partial charge in [-0.15, -0.1) is 0 Å². The zero-order valence-electron chi connectivity index (χ0n) is 38.8. The fraction of sp³-hybridized carbons (Fsp3) is 0.800. The molecule has 3 saturated heterocycles. The Kier molecular flexibility index (Phi) is 17.4. The van der Waals surface area contributed by atoms with Crippen LogP contribution >= 0.6 is 0 Å². The van der Waals surface area contributed by atoms with E-state index < -0.39 is 114 Å². The van der Waals surface area contributed by atoms with E-state index in [1.165, 1.54) is 18.9 Å². The number of benzene rings is 1. The van der Waals surface area contributed by atoms with Gasteiger partial charge in [0.15, 0.2) is 12.6 Å². The Labute approximate surface area is 367 Å². The first-order chi connectivity index (χ1) is 28.8. The summed E-state index contributed by atoms with van der Waals surface area (Å²) in [5.74, 6) is -2.96. The average Bonchev–Trinajstić information content (AvgIpc) is 3.21. The van der Waals surface area contributed by atoms with Gasteiger partial charge in [0.2, 0.25) is 0 Å². The summed E-state index contributed by atoms with van der Waals surface area (Å²) in [5.41, 5.74) is -3.74. The molecule has 0 spiro atoms. The number of esters is 1. The van der Waals surface area contributed by atoms with E-state index in [4.69, 9.17) is 28.4 Å². The van der Waals surface area contributed by atoms with Crippen molar-refractivity contribution in [2.45, 2.75) is 185 Å². The molecular weight excluding hydrogens is 805 g/mol. The van der Waals surface area contributed by atoms with Crippen LogP contribution in [-0.4, -0.2) is 165 Å². The third-order valence-electron chi connectivity index (χ3n) is 13.6. The van der Waals surface area contributed by atoms with Crippen molar-refractivity contribution in [3.63, 3.8) is 0 Å². The Balaban J connectivity index is 1.78. The monoisotopic (exact) mass is 879 g/mol. The van der Waals surface area contributed by atoms with Crippen LogP contribution in [-0.2, 0) is 33.2 Å². The topological polar surface area (TPSA) is 233 Å². The predicted octanol–water partition coefficient (Wildman–Crippen LogP) is 3.37. The van der Waals surface area contributed by atoms with Crippen LogP contribution in [0.25, 0.3) is 0 Å². The van der Waals surface area contributed by atoms with Crippen LogP contribution in [0.1, 0.15) is 100 Å². The molecule has 0 bridgehead atoms. The Bertz CT molecular complexity index is 1680. The van der Waals surface area contributed by atoms with Crippen LogP contribution in [0.15, 0.2) is 24.3 Å². The number of urea groups is 1. The summed E-state index contributed by atoms with van der Waals surface area (Å²) in [6.07, 6.45) is -10.2. The Morgan fingerprint density at radius 3 is 2.21 bits per heavy atom. The quantitative estimate of drug-likeness (QED) is 0.206. The fourth-order valence-electron chi connectivity index (χ4n) is 9.60. The Morgan fingerprint density at radius 2 is 1.63 bits per heavy atom. The number of aliphatic hydroxyl groups excluding tert-OH is 3. The summed E-state index contributed by atoms with van der Waals surface area (Å²) in [4.78, 5) is 31.2. The molecule has 0 saturated carbocycles. The van der Waals surface area contributed by atoms with Gasteiger partial charge in [-0.2, -0.15) is 5.26 Å². The number of amides is 2. The average molecular weight is 879 g/mol. The zero-order chi connectivity index (χ0) is 46.6. The van der Waals surface area contributed by atoms with Gasteiger partial charge in [0.05, 0.1) is 59.2 Å². The van der Waals surface area contributed by atoms with Gasteiger partial charge in [-0.25, -0.2) is 4.79 Å². The van der Waals surface area contributed by atoms with E-state index in [0.717, 1.165) is 0 Å². The van der Waals surface area contributed by atoms with Crippen LogP contribution in [0.4, 0.5) is 10.5 Å². The van der Waals surface area contributed by atoms with Gasteiger partial charge < -0.3 is 69.1 Å². The number of nitrogens with zero attached hydrogens (tertiary/aromatic N) is 3. The maximum absolute atomic E-state index is 14.4. The number of hydrogen-bond acceptors (Lipinski definition) is 15. The van der Waals surface area contributed by atoms with E-state index in [2.05, 4.69) is 5.32 Å². The molecule has 4 rings (SSSR count). The van der Waals surface area contributed by atoms with E-state index in [9.17, 15) is 40.4 Å². The Morgan fingerprint density at radius 1 is 1.00 bits per heavy atom. The highest BCUT2D eigenvalue weighted by Crippen LogP contribution is 2.40. The number of carbonyl (C=O) groups excluding carboxylic acids is 2. The second kappa shape index (κ2) is 20.9. The van der Waals surface area contributed by atoms with Crippen LogP contribution in [0.3, 0.4) is 0 Å². The maximum Gasteiger partial charge on any atom is 0.321 e. The smallest absolute Gasteiger partial charge is 0.321 e. The number of carbonyl (C=O) groups is 2. The molecule has 2 amide bonds. The number of rotatable bonds is 8. The van der Waals surface area contributed by atoms with E-state index in [1.807, 2.05) is 17.9 Å². The van der Waals surface area contributed by atoms with E-state index >= 15 is 0 Å². The number of ether oxygens (including phenoxy) is 6. The lowest BCUT2D eigenvalue weighted by atomic mass is 9.77. The summed E-state index contributed by atoms with van der Waals surface area (Å²) in [6, 6.07) is 6.51. The number of cyclic esters (lactones) is 1. The van der Waals surface area contributed by atoms with Crippen LogP contribution < -0.4 is 5.32 Å². The van der Waals surface area contributed by atoms with Gasteiger partial charge >= 0.3 is 12.0 Å². The molecule has 6 N–H and O–H groups in total. The third-order valence-corrected chi connectivity index (χ3v) is 13.6. The van der Waals surface area contributed by atoms with Crippen molar-refractivity contribution in [1.82, 2.24) is 9.80 Å². The minimum atomic E-state index is -1.85. The minimum Gasteiger partial charge on any atom is -0.459 e. The van der Waals surface area contributed by atoms with Gasteiger partial charge in [0.1, 0.15) is 30.0 Å². The highest BCUT2D eigenvalue weighted by Gasteiger charge is 2.53. The van der Waals surface area contributed by atoms with Crippen molar-refractivity contribution in [3.05, 3.63) is 29.8 Å². The van der Waals surface area contributed by atoms with Gasteiger partial charge in [-0.05, 0) is 105 Å². The first kappa shape index (κ1) is 51.6. The molecule has 1 aromatic carbocycles. The van der Waals surface area contributed by atoms with Crippen LogP contribution in [0.2, 0.25) is 0 Å². The molecule has 352 valence electrons. The van der Waals surface area contributed by atoms with Crippen molar-refractivity contribution in [2.75, 3.05) is 33.1 Å². The first-order valence-electron chi connectivity index (χ1n) is 21.9. The molecule has 17 nitrogen and oxygen atoms in total. The number of nitrogens with one attached hydrogen (secondary N) is 1. The van der Waals surface area contributed by atoms with Crippen molar-refractivity contribution in [2.24, 2.45) is 17.8 Å². The fourth-order valence-corrected chi connectivity index (χ4v) is 9.60. The van der Waals surface area contributed by atoms with Gasteiger partial charge in [-0.1, -0.05) is 20.8 Å². The molecule has 3 heterocycles. The standard InChI is InChI=1S/C45H74N4O13/c1-14-33-45(10,56)37(51)28(6)48(11)23-24(2)20-43(8,55)39(26(4)36(27(5)40(53)60-33)61-34-21-44(9,57-13)38(52)29(7)59-34)62-41-35(50)32(19-25(3)58-41)49(12)42(54)47-31-17-15-30(22-46)16-18-31/h15-18,24-29,32-39,41,50-52,55-56H,14,19-21,23H2,1-13H3,(H,47,54)/t24-,25-,26+,27-,28-,29+,32+,33-,34+,35-,36+,37-,38+,39-,41+,43-,44-,45-/m1/s1. The number of anilines is 1. The molecule has 0 aromatic heterocycles. The molecule has 0 unspecified atom stereocenters. The first-order valence-corrected chi connectivity index (χ1v) is 21.9. The molecule has 17 heteroatoms. The zero-order valence-corrected chi connectivity index (χ0v) is 38.8. The molecule has 0 aliphatic carbocycles. The number of likely N-dealkylation sites (N-methyl/N-ethyl adjacent to an activating group) is 2. The van der Waals surface area contributed by atoms with E-state index in [1.54, 1.807) is 93.8 Å². The maximum atomic E-state index is 14.4. The van der Waals surface area contributed by atoms with Crippen molar-refractivity contribution in [1.29, 1.82) is 5.26 Å². The van der Waals surface area contributed by atoms with Gasteiger partial charge in [-0.3, -0.25) is 4.79 Å². The normalized spacial score (nSPS) is 43.0. The highest BCUT2D eigenvalue weighted by atomic mass is 16.7. The third kappa shape index (κ3) is 11.6. The highest BCUT2D eigenvalue weighted by molar-refractivity contribution is 5.89. The predicted molar refractivity (Wildman–Crippen MR) is 228 cm³/mol. The van der Waals surface area contributed by atoms with Crippen molar-refractivity contribution >= 4 is 17.7 Å². The van der Waals surface area contributed by atoms with Gasteiger partial charge in [0.25, 0.3) is 0 Å². The molecule has 3 aliphatic heterocycles. The molecule has 1 aromatic rings. The molecule has 62 heavy (non-hydrogen) atoms. The summed E-state index contributed by atoms with van der Waals surface area (Å²) in [5, 5.41) is 71.1. The summed E-state index contributed by atoms with van der Waals surface area (Å²) in [7, 11) is 4.84. The number of aliphatic hydroxyl groups is 5.